The molecule has 2 aromatic heterocycles. The van der Waals surface area contributed by atoms with Crippen LogP contribution in [0.4, 0.5) is 19.1 Å². The van der Waals surface area contributed by atoms with E-state index in [1.54, 1.807) is 27.7 Å². The molecule has 1 fully saturated rings. The first-order valence-electron chi connectivity index (χ1n) is 9.89. The van der Waals surface area contributed by atoms with Crippen LogP contribution in [0.1, 0.15) is 17.7 Å². The number of hydrogen-bond acceptors (Lipinski definition) is 6. The molecule has 0 spiro atoms. The fourth-order valence-corrected chi connectivity index (χ4v) is 3.76. The summed E-state index contributed by atoms with van der Waals surface area (Å²) in [6.07, 6.45) is 1.08. The number of aliphatic hydroxyl groups excluding tert-OH is 1. The molecule has 3 heterocycles. The number of piperidine rings is 1. The minimum Gasteiger partial charge on any atom is -0.395 e. The molecule has 4 rings (SSSR count). The highest BCUT2D eigenvalue weighted by Gasteiger charge is 2.44. The van der Waals surface area contributed by atoms with Crippen LogP contribution in [0.5, 0.6) is 0 Å². The zero-order chi connectivity index (χ0) is 22.0. The highest BCUT2D eigenvalue weighted by molar-refractivity contribution is 5.79. The third-order valence-electron chi connectivity index (χ3n) is 5.38. The molecule has 0 bridgehead atoms. The summed E-state index contributed by atoms with van der Waals surface area (Å²) in [5.74, 6) is -2.90. The van der Waals surface area contributed by atoms with Crippen molar-refractivity contribution in [2.24, 2.45) is 0 Å². The number of rotatable bonds is 6. The van der Waals surface area contributed by atoms with Crippen LogP contribution in [-0.2, 0) is 6.54 Å². The van der Waals surface area contributed by atoms with E-state index in [9.17, 15) is 13.2 Å². The van der Waals surface area contributed by atoms with Crippen LogP contribution < -0.4 is 10.2 Å². The van der Waals surface area contributed by atoms with Crippen molar-refractivity contribution >= 4 is 17.0 Å². The Morgan fingerprint density at radius 2 is 2.13 bits per heavy atom. The SMILES string of the molecule is N#Cc1ccc(Cn2c(N3CCC(F)(F)C(NCCO)C3)nc3ccc(F)cc32)nc1. The topological polar surface area (TPSA) is 90.0 Å². The van der Waals surface area contributed by atoms with Gasteiger partial charge in [-0.2, -0.15) is 5.26 Å². The quantitative estimate of drug-likeness (QED) is 0.624. The van der Waals surface area contributed by atoms with Gasteiger partial charge in [0.1, 0.15) is 11.9 Å². The summed E-state index contributed by atoms with van der Waals surface area (Å²) in [6.45, 7) is 0.124. The number of imidazole rings is 1. The Hall–Kier alpha value is -3.16. The Kier molecular flexibility index (Phi) is 5.80. The molecule has 0 radical (unpaired) electrons. The highest BCUT2D eigenvalue weighted by Crippen LogP contribution is 2.32. The van der Waals surface area contributed by atoms with Gasteiger partial charge in [-0.15, -0.1) is 0 Å². The Balaban J connectivity index is 1.71. The molecule has 10 heteroatoms. The first kappa shape index (κ1) is 21.1. The minimum absolute atomic E-state index is 0.0143. The van der Waals surface area contributed by atoms with Gasteiger partial charge in [-0.25, -0.2) is 18.2 Å². The molecule has 1 aliphatic rings. The molecule has 0 aliphatic carbocycles. The van der Waals surface area contributed by atoms with E-state index < -0.39 is 17.8 Å². The maximum atomic E-state index is 14.4. The maximum Gasteiger partial charge on any atom is 0.266 e. The molecule has 2 N–H and O–H groups in total. The molecule has 1 aliphatic heterocycles. The third kappa shape index (κ3) is 4.33. The lowest BCUT2D eigenvalue weighted by atomic mass is 10.0. The number of halogens is 3. The average Bonchev–Trinajstić information content (AvgIpc) is 3.11. The van der Waals surface area contributed by atoms with Crippen LogP contribution in [0.25, 0.3) is 11.0 Å². The molecule has 0 saturated carbocycles. The van der Waals surface area contributed by atoms with Crippen molar-refractivity contribution in [2.75, 3.05) is 31.1 Å². The number of aromatic nitrogens is 3. The zero-order valence-electron chi connectivity index (χ0n) is 16.6. The first-order valence-corrected chi connectivity index (χ1v) is 9.89. The number of benzene rings is 1. The van der Waals surface area contributed by atoms with Gasteiger partial charge in [0.25, 0.3) is 5.92 Å². The van der Waals surface area contributed by atoms with E-state index in [2.05, 4.69) is 15.3 Å². The summed E-state index contributed by atoms with van der Waals surface area (Å²) in [6, 6.07) is 8.41. The number of anilines is 1. The van der Waals surface area contributed by atoms with Gasteiger partial charge in [-0.1, -0.05) is 0 Å². The van der Waals surface area contributed by atoms with Crippen molar-refractivity contribution < 1.29 is 18.3 Å². The summed E-state index contributed by atoms with van der Waals surface area (Å²) in [5.41, 5.74) is 2.11. The number of hydrogen-bond donors (Lipinski definition) is 2. The normalized spacial score (nSPS) is 18.3. The van der Waals surface area contributed by atoms with E-state index in [-0.39, 0.29) is 39.2 Å². The van der Waals surface area contributed by atoms with E-state index in [1.807, 2.05) is 6.07 Å². The van der Waals surface area contributed by atoms with Crippen LogP contribution in [0.2, 0.25) is 0 Å². The number of nitriles is 1. The molecule has 3 aromatic rings. The highest BCUT2D eigenvalue weighted by atomic mass is 19.3. The smallest absolute Gasteiger partial charge is 0.266 e. The van der Waals surface area contributed by atoms with Crippen molar-refractivity contribution in [3.8, 4) is 6.07 Å². The van der Waals surface area contributed by atoms with E-state index >= 15 is 0 Å². The number of aliphatic hydroxyl groups is 1. The number of nitrogens with one attached hydrogen (secondary N) is 1. The van der Waals surface area contributed by atoms with Crippen LogP contribution in [0.15, 0.2) is 36.5 Å². The van der Waals surface area contributed by atoms with Crippen molar-refractivity contribution in [1.29, 1.82) is 5.26 Å². The molecule has 162 valence electrons. The molecule has 1 saturated heterocycles. The second-order valence-electron chi connectivity index (χ2n) is 7.47. The first-order chi connectivity index (χ1) is 14.9. The number of alkyl halides is 2. The summed E-state index contributed by atoms with van der Waals surface area (Å²) in [5, 5.41) is 20.7. The molecule has 1 atom stereocenters. The predicted molar refractivity (Wildman–Crippen MR) is 108 cm³/mol. The monoisotopic (exact) mass is 430 g/mol. The summed E-state index contributed by atoms with van der Waals surface area (Å²) in [7, 11) is 0. The number of fused-ring (bicyclic) bond motifs is 1. The van der Waals surface area contributed by atoms with Gasteiger partial charge in [0.15, 0.2) is 0 Å². The Morgan fingerprint density at radius 3 is 2.84 bits per heavy atom. The van der Waals surface area contributed by atoms with Crippen molar-refractivity contribution in [1.82, 2.24) is 19.9 Å². The fourth-order valence-electron chi connectivity index (χ4n) is 3.76. The average molecular weight is 430 g/mol. The lowest BCUT2D eigenvalue weighted by Crippen LogP contribution is -2.58. The molecular weight excluding hydrogens is 409 g/mol. The van der Waals surface area contributed by atoms with Crippen molar-refractivity contribution in [3.63, 3.8) is 0 Å². The van der Waals surface area contributed by atoms with E-state index in [0.717, 1.165) is 0 Å². The molecule has 7 nitrogen and oxygen atoms in total. The van der Waals surface area contributed by atoms with Gasteiger partial charge in [0.2, 0.25) is 5.95 Å². The summed E-state index contributed by atoms with van der Waals surface area (Å²) >= 11 is 0. The lowest BCUT2D eigenvalue weighted by molar-refractivity contribution is -0.0520. The molecule has 31 heavy (non-hydrogen) atoms. The second-order valence-corrected chi connectivity index (χ2v) is 7.47. The third-order valence-corrected chi connectivity index (χ3v) is 5.38. The second kappa shape index (κ2) is 8.53. The largest absolute Gasteiger partial charge is 0.395 e. The standard InChI is InChI=1S/C21H21F3N6O/c22-15-2-4-17-18(9-15)30(12-16-3-1-14(10-25)11-27-16)20(28-17)29-7-5-21(23,24)19(13-29)26-6-8-31/h1-4,9,11,19,26,31H,5-8,12-13H2. The van der Waals surface area contributed by atoms with Crippen molar-refractivity contribution in [2.45, 2.75) is 24.9 Å². The van der Waals surface area contributed by atoms with E-state index in [4.69, 9.17) is 10.4 Å². The van der Waals surface area contributed by atoms with E-state index in [0.29, 0.717) is 28.2 Å². The minimum atomic E-state index is -2.91. The molecular formula is C21H21F3N6O. The van der Waals surface area contributed by atoms with Crippen LogP contribution in [0.3, 0.4) is 0 Å². The summed E-state index contributed by atoms with van der Waals surface area (Å²) < 4.78 is 44.5. The Labute approximate surface area is 176 Å². The molecule has 1 unspecified atom stereocenters. The predicted octanol–water partition coefficient (Wildman–Crippen LogP) is 2.29. The van der Waals surface area contributed by atoms with E-state index in [1.165, 1.54) is 18.3 Å². The van der Waals surface area contributed by atoms with Gasteiger partial charge in [-0.05, 0) is 30.3 Å². The van der Waals surface area contributed by atoms with Gasteiger partial charge in [0, 0.05) is 32.3 Å². The lowest BCUT2D eigenvalue weighted by Gasteiger charge is -2.39. The molecule has 0 amide bonds. The fraction of sp³-hybridized carbons (Fsp3) is 0.381. The van der Waals surface area contributed by atoms with Gasteiger partial charge < -0.3 is 19.9 Å². The zero-order valence-corrected chi connectivity index (χ0v) is 16.6. The molecule has 1 aromatic carbocycles. The van der Waals surface area contributed by atoms with Crippen molar-refractivity contribution in [3.05, 3.63) is 53.6 Å². The Bertz CT molecular complexity index is 1110. The van der Waals surface area contributed by atoms with Crippen LogP contribution >= 0.6 is 0 Å². The Morgan fingerprint density at radius 1 is 1.29 bits per heavy atom. The van der Waals surface area contributed by atoms with Gasteiger partial charge in [0.05, 0.1) is 41.5 Å². The van der Waals surface area contributed by atoms with Gasteiger partial charge in [-0.3, -0.25) is 4.98 Å². The van der Waals surface area contributed by atoms with Crippen LogP contribution in [-0.4, -0.2) is 57.8 Å². The maximum absolute atomic E-state index is 14.4. The van der Waals surface area contributed by atoms with Gasteiger partial charge >= 0.3 is 0 Å². The summed E-state index contributed by atoms with van der Waals surface area (Å²) in [4.78, 5) is 10.6. The number of pyridine rings is 1. The number of nitrogens with zero attached hydrogens (tertiary/aromatic N) is 5. The van der Waals surface area contributed by atoms with Crippen LogP contribution in [0, 0.1) is 17.1 Å².